The number of halogens is 2. The molecule has 7 nitrogen and oxygen atoms in total. The number of aromatic nitrogens is 3. The molecule has 0 saturated carbocycles. The first-order valence-corrected chi connectivity index (χ1v) is 8.67. The summed E-state index contributed by atoms with van der Waals surface area (Å²) in [6.45, 7) is 0. The number of nitrogens with two attached hydrogens (primary N) is 1. The third-order valence-electron chi connectivity index (χ3n) is 5.04. The maximum atomic E-state index is 14.1. The molecule has 5 rings (SSSR count). The van der Waals surface area contributed by atoms with E-state index in [1.807, 2.05) is 0 Å². The van der Waals surface area contributed by atoms with E-state index in [1.165, 1.54) is 0 Å². The van der Waals surface area contributed by atoms with E-state index < -0.39 is 29.3 Å². The third-order valence-corrected chi connectivity index (χ3v) is 5.04. The SMILES string of the molecule is NC(=O)c1nnc2[nH]cc3c2c1-c1ccccc1NC3c1cc(F)c(O)c(F)c1. The molecular formula is C20H13F2N5O2. The Kier molecular flexibility index (Phi) is 3.54. The summed E-state index contributed by atoms with van der Waals surface area (Å²) in [4.78, 5) is 15.0. The lowest BCUT2D eigenvalue weighted by Crippen LogP contribution is -2.15. The number of nitrogens with zero attached hydrogens (tertiary/aromatic N) is 2. The van der Waals surface area contributed by atoms with Crippen LogP contribution in [0, 0.1) is 11.6 Å². The lowest BCUT2D eigenvalue weighted by molar-refractivity contribution is 0.0995. The van der Waals surface area contributed by atoms with Gasteiger partial charge in [-0.05, 0) is 23.8 Å². The van der Waals surface area contributed by atoms with Gasteiger partial charge in [-0.2, -0.15) is 0 Å². The van der Waals surface area contributed by atoms with E-state index in [4.69, 9.17) is 5.73 Å². The van der Waals surface area contributed by atoms with Crippen LogP contribution in [0.3, 0.4) is 0 Å². The fourth-order valence-corrected chi connectivity index (χ4v) is 3.77. The van der Waals surface area contributed by atoms with Gasteiger partial charge in [0.15, 0.2) is 28.7 Å². The van der Waals surface area contributed by atoms with Crippen molar-refractivity contribution in [1.82, 2.24) is 15.2 Å². The molecule has 0 aliphatic carbocycles. The predicted molar refractivity (Wildman–Crippen MR) is 101 cm³/mol. The summed E-state index contributed by atoms with van der Waals surface area (Å²) in [5.74, 6) is -3.92. The maximum Gasteiger partial charge on any atom is 0.269 e. The second-order valence-corrected chi connectivity index (χ2v) is 6.71. The molecule has 2 aromatic carbocycles. The fraction of sp³-hybridized carbons (Fsp3) is 0.0500. The molecule has 144 valence electrons. The molecule has 1 aliphatic rings. The highest BCUT2D eigenvalue weighted by Crippen LogP contribution is 2.44. The Hall–Kier alpha value is -4.01. The van der Waals surface area contributed by atoms with Gasteiger partial charge in [0.2, 0.25) is 0 Å². The van der Waals surface area contributed by atoms with Crippen molar-refractivity contribution in [2.24, 2.45) is 5.73 Å². The number of carbonyl (C=O) groups is 1. The van der Waals surface area contributed by atoms with Crippen LogP contribution in [0.15, 0.2) is 42.6 Å². The van der Waals surface area contributed by atoms with Gasteiger partial charge in [0, 0.05) is 34.0 Å². The number of aromatic hydroxyl groups is 1. The highest BCUT2D eigenvalue weighted by molar-refractivity contribution is 6.10. The number of anilines is 1. The van der Waals surface area contributed by atoms with E-state index in [1.54, 1.807) is 30.5 Å². The van der Waals surface area contributed by atoms with Crippen LogP contribution >= 0.6 is 0 Å². The van der Waals surface area contributed by atoms with Gasteiger partial charge in [0.1, 0.15) is 0 Å². The average Bonchev–Trinajstić information content (AvgIpc) is 3.06. The van der Waals surface area contributed by atoms with Crippen molar-refractivity contribution in [1.29, 1.82) is 0 Å². The lowest BCUT2D eigenvalue weighted by atomic mass is 9.95. The van der Waals surface area contributed by atoms with Gasteiger partial charge in [-0.1, -0.05) is 18.2 Å². The number of para-hydroxylation sites is 1. The van der Waals surface area contributed by atoms with Crippen molar-refractivity contribution >= 4 is 22.6 Å². The summed E-state index contributed by atoms with van der Waals surface area (Å²) >= 11 is 0. The molecule has 1 atom stereocenters. The number of primary amides is 1. The van der Waals surface area contributed by atoms with Crippen LogP contribution in [-0.2, 0) is 0 Å². The molecule has 0 fully saturated rings. The number of hydrogen-bond donors (Lipinski definition) is 4. The van der Waals surface area contributed by atoms with Crippen LogP contribution in [0.4, 0.5) is 14.5 Å². The molecule has 5 N–H and O–H groups in total. The Morgan fingerprint density at radius 1 is 1.14 bits per heavy atom. The van der Waals surface area contributed by atoms with E-state index in [2.05, 4.69) is 20.5 Å². The second-order valence-electron chi connectivity index (χ2n) is 6.71. The van der Waals surface area contributed by atoms with E-state index in [0.717, 1.165) is 12.1 Å². The van der Waals surface area contributed by atoms with Gasteiger partial charge >= 0.3 is 0 Å². The zero-order chi connectivity index (χ0) is 20.3. The minimum Gasteiger partial charge on any atom is -0.503 e. The standard InChI is InChI=1S/C20H13F2N5O2/c21-11-5-8(6-12(22)18(11)28)16-10-7-24-20-15(10)14(17(19(23)29)26-27-20)9-3-1-2-4-13(9)25-16/h1-7,16,25,28H,(H2,23,29)(H,24,27). The largest absolute Gasteiger partial charge is 0.503 e. The monoisotopic (exact) mass is 393 g/mol. The van der Waals surface area contributed by atoms with Crippen molar-refractivity contribution in [3.05, 3.63) is 71.1 Å². The molecule has 4 aromatic rings. The summed E-state index contributed by atoms with van der Waals surface area (Å²) in [6, 6.07) is 8.59. The topological polar surface area (TPSA) is 117 Å². The molecule has 1 aliphatic heterocycles. The molecule has 0 radical (unpaired) electrons. The van der Waals surface area contributed by atoms with Gasteiger partial charge in [0.05, 0.1) is 6.04 Å². The van der Waals surface area contributed by atoms with Crippen LogP contribution in [0.25, 0.3) is 22.2 Å². The molecule has 0 bridgehead atoms. The number of phenolic OH excluding ortho intramolecular Hbond substituents is 1. The van der Waals surface area contributed by atoms with E-state index in [0.29, 0.717) is 33.4 Å². The smallest absolute Gasteiger partial charge is 0.269 e. The first kappa shape index (κ1) is 17.1. The number of rotatable bonds is 2. The number of phenols is 1. The molecule has 0 spiro atoms. The molecule has 1 amide bonds. The van der Waals surface area contributed by atoms with Crippen molar-refractivity contribution in [2.45, 2.75) is 6.04 Å². The molecule has 0 saturated heterocycles. The van der Waals surface area contributed by atoms with Crippen molar-refractivity contribution in [2.75, 3.05) is 5.32 Å². The van der Waals surface area contributed by atoms with E-state index in [-0.39, 0.29) is 11.3 Å². The van der Waals surface area contributed by atoms with Crippen LogP contribution in [0.5, 0.6) is 5.75 Å². The third kappa shape index (κ3) is 2.44. The normalized spacial score (nSPS) is 14.9. The number of carbonyl (C=O) groups excluding carboxylic acids is 1. The summed E-state index contributed by atoms with van der Waals surface area (Å²) < 4.78 is 28.1. The Morgan fingerprint density at radius 2 is 1.86 bits per heavy atom. The second kappa shape index (κ2) is 5.99. The first-order chi connectivity index (χ1) is 14.0. The van der Waals surface area contributed by atoms with Gasteiger partial charge in [-0.15, -0.1) is 10.2 Å². The van der Waals surface area contributed by atoms with Gasteiger partial charge in [-0.3, -0.25) is 4.79 Å². The van der Waals surface area contributed by atoms with Gasteiger partial charge in [-0.25, -0.2) is 8.78 Å². The number of amides is 1. The lowest BCUT2D eigenvalue weighted by Gasteiger charge is -2.20. The summed E-state index contributed by atoms with van der Waals surface area (Å²) in [7, 11) is 0. The van der Waals surface area contributed by atoms with Crippen LogP contribution in [-0.4, -0.2) is 26.2 Å². The molecule has 29 heavy (non-hydrogen) atoms. The summed E-state index contributed by atoms with van der Waals surface area (Å²) in [5, 5.41) is 21.3. The van der Waals surface area contributed by atoms with E-state index >= 15 is 0 Å². The maximum absolute atomic E-state index is 14.1. The zero-order valence-corrected chi connectivity index (χ0v) is 14.7. The van der Waals surface area contributed by atoms with Gasteiger partial charge in [0.25, 0.3) is 5.91 Å². The minimum atomic E-state index is -1.07. The highest BCUT2D eigenvalue weighted by Gasteiger charge is 2.30. The number of hydrogen-bond acceptors (Lipinski definition) is 5. The van der Waals surface area contributed by atoms with E-state index in [9.17, 15) is 18.7 Å². The summed E-state index contributed by atoms with van der Waals surface area (Å²) in [6.07, 6.45) is 1.64. The molecular weight excluding hydrogens is 380 g/mol. The Balaban J connectivity index is 1.88. The van der Waals surface area contributed by atoms with Gasteiger partial charge < -0.3 is 21.1 Å². The molecule has 9 heteroatoms. The molecule has 3 heterocycles. The number of aromatic amines is 1. The highest BCUT2D eigenvalue weighted by atomic mass is 19.1. The number of H-pyrrole nitrogens is 1. The Morgan fingerprint density at radius 3 is 2.59 bits per heavy atom. The quantitative estimate of drug-likeness (QED) is 0.417. The predicted octanol–water partition coefficient (Wildman–Crippen LogP) is 3.22. The van der Waals surface area contributed by atoms with Crippen molar-refractivity contribution in [3.63, 3.8) is 0 Å². The minimum absolute atomic E-state index is 0.00341. The number of fused-ring (bicyclic) bond motifs is 2. The van der Waals surface area contributed by atoms with Crippen LogP contribution in [0.2, 0.25) is 0 Å². The first-order valence-electron chi connectivity index (χ1n) is 8.67. The molecule has 1 unspecified atom stereocenters. The number of benzene rings is 2. The molecule has 2 aromatic heterocycles. The fourth-order valence-electron chi connectivity index (χ4n) is 3.77. The zero-order valence-electron chi connectivity index (χ0n) is 14.7. The summed E-state index contributed by atoms with van der Waals surface area (Å²) in [5.41, 5.74) is 8.56. The van der Waals surface area contributed by atoms with Crippen molar-refractivity contribution < 1.29 is 18.7 Å². The Labute approximate surface area is 162 Å². The Bertz CT molecular complexity index is 1290. The van der Waals surface area contributed by atoms with Crippen molar-refractivity contribution in [3.8, 4) is 16.9 Å². The van der Waals surface area contributed by atoms with Crippen LogP contribution < -0.4 is 11.1 Å². The number of nitrogens with one attached hydrogen (secondary N) is 2. The van der Waals surface area contributed by atoms with Crippen LogP contribution in [0.1, 0.15) is 27.7 Å². The average molecular weight is 393 g/mol.